The molecule has 1 aromatic rings. The van der Waals surface area contributed by atoms with Gasteiger partial charge in [-0.25, -0.2) is 8.42 Å². The standard InChI is InChI=1S/C16H19Cl2N3O6S/c1-10(22)15(16(24)27-9-14(23)21(2)7-3-6-19)20-28(25,26)11-4-5-12(17)13(18)8-11/h4-5,8,10,15,20,22H,3,7,9H2,1-2H3. The van der Waals surface area contributed by atoms with E-state index in [1.807, 2.05) is 10.8 Å². The lowest BCUT2D eigenvalue weighted by Crippen LogP contribution is -2.49. The first kappa shape index (κ1) is 24.1. The number of benzene rings is 1. The Balaban J connectivity index is 2.84. The summed E-state index contributed by atoms with van der Waals surface area (Å²) in [6, 6.07) is 3.75. The fourth-order valence-corrected chi connectivity index (χ4v) is 3.54. The molecule has 0 saturated heterocycles. The molecule has 0 bridgehead atoms. The molecule has 0 fully saturated rings. The Hall–Kier alpha value is -1.90. The first-order valence-electron chi connectivity index (χ1n) is 7.92. The van der Waals surface area contributed by atoms with Crippen LogP contribution in [0.3, 0.4) is 0 Å². The van der Waals surface area contributed by atoms with E-state index in [1.54, 1.807) is 0 Å². The number of nitriles is 1. The fourth-order valence-electron chi connectivity index (χ4n) is 1.90. The van der Waals surface area contributed by atoms with Crippen LogP contribution < -0.4 is 4.72 Å². The van der Waals surface area contributed by atoms with Crippen molar-refractivity contribution in [2.45, 2.75) is 30.4 Å². The van der Waals surface area contributed by atoms with Crippen LogP contribution in [0.2, 0.25) is 10.0 Å². The molecule has 0 aliphatic rings. The topological polar surface area (TPSA) is 137 Å². The molecule has 0 saturated carbocycles. The van der Waals surface area contributed by atoms with E-state index in [1.165, 1.54) is 31.0 Å². The number of hydrogen-bond donors (Lipinski definition) is 2. The van der Waals surface area contributed by atoms with Crippen LogP contribution >= 0.6 is 23.2 Å². The molecule has 154 valence electrons. The van der Waals surface area contributed by atoms with Crippen LogP contribution in [0.5, 0.6) is 0 Å². The summed E-state index contributed by atoms with van der Waals surface area (Å²) in [6.45, 7) is 0.666. The van der Waals surface area contributed by atoms with E-state index >= 15 is 0 Å². The molecule has 28 heavy (non-hydrogen) atoms. The number of carbonyl (C=O) groups excluding carboxylic acids is 2. The monoisotopic (exact) mass is 451 g/mol. The highest BCUT2D eigenvalue weighted by Crippen LogP contribution is 2.25. The summed E-state index contributed by atoms with van der Waals surface area (Å²) in [5, 5.41) is 18.4. The van der Waals surface area contributed by atoms with E-state index in [0.717, 1.165) is 6.07 Å². The Bertz CT molecular complexity index is 870. The minimum absolute atomic E-state index is 0.00767. The number of amides is 1. The summed E-state index contributed by atoms with van der Waals surface area (Å²) in [7, 11) is -2.82. The van der Waals surface area contributed by atoms with Crippen molar-refractivity contribution < 1.29 is 27.9 Å². The molecule has 0 radical (unpaired) electrons. The van der Waals surface area contributed by atoms with Gasteiger partial charge in [0.1, 0.15) is 6.04 Å². The smallest absolute Gasteiger partial charge is 0.327 e. The average Bonchev–Trinajstić information content (AvgIpc) is 2.63. The number of ether oxygens (including phenoxy) is 1. The lowest BCUT2D eigenvalue weighted by Gasteiger charge is -2.21. The third-order valence-corrected chi connectivity index (χ3v) is 5.72. The molecule has 0 aliphatic carbocycles. The number of halogens is 2. The van der Waals surface area contributed by atoms with Crippen molar-refractivity contribution in [2.24, 2.45) is 0 Å². The molecule has 9 nitrogen and oxygen atoms in total. The lowest BCUT2D eigenvalue weighted by atomic mass is 10.2. The van der Waals surface area contributed by atoms with Crippen molar-refractivity contribution in [1.82, 2.24) is 9.62 Å². The maximum absolute atomic E-state index is 12.4. The van der Waals surface area contributed by atoms with Gasteiger partial charge < -0.3 is 14.7 Å². The highest BCUT2D eigenvalue weighted by atomic mass is 35.5. The number of carbonyl (C=O) groups is 2. The summed E-state index contributed by atoms with van der Waals surface area (Å²) >= 11 is 11.6. The molecule has 0 aliphatic heterocycles. The molecule has 1 rings (SSSR count). The number of nitrogens with one attached hydrogen (secondary N) is 1. The molecule has 2 unspecified atom stereocenters. The number of aliphatic hydroxyl groups is 1. The van der Waals surface area contributed by atoms with E-state index < -0.39 is 40.7 Å². The summed E-state index contributed by atoms with van der Waals surface area (Å²) in [5.41, 5.74) is 0. The van der Waals surface area contributed by atoms with Gasteiger partial charge in [0, 0.05) is 13.6 Å². The summed E-state index contributed by atoms with van der Waals surface area (Å²) in [6.07, 6.45) is -1.34. The van der Waals surface area contributed by atoms with Crippen molar-refractivity contribution in [3.8, 4) is 6.07 Å². The van der Waals surface area contributed by atoms with Crippen molar-refractivity contribution in [2.75, 3.05) is 20.2 Å². The Labute approximate surface area is 172 Å². The number of esters is 1. The molecular weight excluding hydrogens is 433 g/mol. The SMILES string of the molecule is CC(O)C(NS(=O)(=O)c1ccc(Cl)c(Cl)c1)C(=O)OCC(=O)N(C)CCC#N. The van der Waals surface area contributed by atoms with Crippen molar-refractivity contribution in [3.05, 3.63) is 28.2 Å². The third kappa shape index (κ3) is 6.92. The number of nitrogens with zero attached hydrogens (tertiary/aromatic N) is 2. The fraction of sp³-hybridized carbons (Fsp3) is 0.438. The molecule has 2 atom stereocenters. The molecule has 0 spiro atoms. The summed E-state index contributed by atoms with van der Waals surface area (Å²) < 4.78 is 31.7. The molecule has 0 heterocycles. The van der Waals surface area contributed by atoms with Gasteiger partial charge in [-0.2, -0.15) is 9.98 Å². The quantitative estimate of drug-likeness (QED) is 0.532. The van der Waals surface area contributed by atoms with E-state index in [4.69, 9.17) is 33.2 Å². The van der Waals surface area contributed by atoms with E-state index in [0.29, 0.717) is 0 Å². The Morgan fingerprint density at radius 2 is 2.00 bits per heavy atom. The molecule has 1 amide bonds. The normalized spacial score (nSPS) is 13.3. The zero-order valence-electron chi connectivity index (χ0n) is 15.1. The first-order valence-corrected chi connectivity index (χ1v) is 10.2. The van der Waals surface area contributed by atoms with Crippen LogP contribution in [-0.4, -0.2) is 62.6 Å². The van der Waals surface area contributed by atoms with Crippen LogP contribution in [0.25, 0.3) is 0 Å². The van der Waals surface area contributed by atoms with Crippen molar-refractivity contribution in [3.63, 3.8) is 0 Å². The predicted octanol–water partition coefficient (Wildman–Crippen LogP) is 0.936. The molecule has 2 N–H and O–H groups in total. The third-order valence-electron chi connectivity index (χ3n) is 3.54. The van der Waals surface area contributed by atoms with Gasteiger partial charge >= 0.3 is 5.97 Å². The first-order chi connectivity index (χ1) is 13.0. The van der Waals surface area contributed by atoms with Crippen LogP contribution in [-0.2, 0) is 24.3 Å². The van der Waals surface area contributed by atoms with E-state index in [2.05, 4.69) is 0 Å². The number of hydrogen-bond acceptors (Lipinski definition) is 7. The Kier molecular flexibility index (Phi) is 9.13. The molecule has 0 aromatic heterocycles. The second-order valence-electron chi connectivity index (χ2n) is 5.75. The minimum Gasteiger partial charge on any atom is -0.454 e. The average molecular weight is 452 g/mol. The van der Waals surface area contributed by atoms with Gasteiger partial charge in [0.2, 0.25) is 10.0 Å². The van der Waals surface area contributed by atoms with Gasteiger partial charge in [-0.15, -0.1) is 0 Å². The number of rotatable bonds is 9. The maximum Gasteiger partial charge on any atom is 0.327 e. The highest BCUT2D eigenvalue weighted by molar-refractivity contribution is 7.89. The molecule has 12 heteroatoms. The van der Waals surface area contributed by atoms with Crippen molar-refractivity contribution >= 4 is 45.1 Å². The number of sulfonamides is 1. The predicted molar refractivity (Wildman–Crippen MR) is 101 cm³/mol. The second-order valence-corrected chi connectivity index (χ2v) is 8.27. The van der Waals surface area contributed by atoms with Gasteiger partial charge in [0.15, 0.2) is 6.61 Å². The van der Waals surface area contributed by atoms with Crippen LogP contribution in [0.4, 0.5) is 0 Å². The minimum atomic E-state index is -4.24. The second kappa shape index (κ2) is 10.6. The van der Waals surface area contributed by atoms with Gasteiger partial charge in [-0.3, -0.25) is 9.59 Å². The van der Waals surface area contributed by atoms with Gasteiger partial charge in [0.25, 0.3) is 5.91 Å². The van der Waals surface area contributed by atoms with Gasteiger partial charge in [-0.05, 0) is 25.1 Å². The largest absolute Gasteiger partial charge is 0.454 e. The lowest BCUT2D eigenvalue weighted by molar-refractivity contribution is -0.154. The zero-order chi connectivity index (χ0) is 21.5. The van der Waals surface area contributed by atoms with Crippen LogP contribution in [0.1, 0.15) is 13.3 Å². The molecular formula is C16H19Cl2N3O6S. The van der Waals surface area contributed by atoms with Crippen LogP contribution in [0.15, 0.2) is 23.1 Å². The van der Waals surface area contributed by atoms with Crippen LogP contribution in [0, 0.1) is 11.3 Å². The summed E-state index contributed by atoms with van der Waals surface area (Å²) in [5.74, 6) is -1.72. The molecule has 1 aromatic carbocycles. The van der Waals surface area contributed by atoms with Gasteiger partial charge in [0.05, 0.1) is 33.5 Å². The number of likely N-dealkylation sites (N-methyl/N-ethyl adjacent to an activating group) is 1. The van der Waals surface area contributed by atoms with E-state index in [-0.39, 0.29) is 27.9 Å². The number of aliphatic hydroxyl groups excluding tert-OH is 1. The highest BCUT2D eigenvalue weighted by Gasteiger charge is 2.31. The van der Waals surface area contributed by atoms with E-state index in [9.17, 15) is 23.1 Å². The van der Waals surface area contributed by atoms with Crippen molar-refractivity contribution in [1.29, 1.82) is 5.26 Å². The Morgan fingerprint density at radius 1 is 1.36 bits per heavy atom. The van der Waals surface area contributed by atoms with Gasteiger partial charge in [-0.1, -0.05) is 23.2 Å². The maximum atomic E-state index is 12.4. The zero-order valence-corrected chi connectivity index (χ0v) is 17.4. The Morgan fingerprint density at radius 3 is 2.54 bits per heavy atom. The summed E-state index contributed by atoms with van der Waals surface area (Å²) in [4.78, 5) is 24.9.